The van der Waals surface area contributed by atoms with E-state index in [1.807, 2.05) is 24.5 Å². The molecule has 0 bridgehead atoms. The van der Waals surface area contributed by atoms with Crippen LogP contribution in [0.2, 0.25) is 0 Å². The number of hydrogen-bond acceptors (Lipinski definition) is 3. The fourth-order valence-electron chi connectivity index (χ4n) is 1.99. The van der Waals surface area contributed by atoms with Crippen LogP contribution in [0.4, 0.5) is 0 Å². The van der Waals surface area contributed by atoms with Crippen molar-refractivity contribution in [3.8, 4) is 6.07 Å². The van der Waals surface area contributed by atoms with E-state index < -0.39 is 5.97 Å². The van der Waals surface area contributed by atoms with Crippen molar-refractivity contribution in [2.75, 3.05) is 0 Å². The van der Waals surface area contributed by atoms with Crippen molar-refractivity contribution in [1.29, 1.82) is 5.26 Å². The van der Waals surface area contributed by atoms with E-state index in [1.54, 1.807) is 12.1 Å². The predicted molar refractivity (Wildman–Crippen MR) is 71.5 cm³/mol. The van der Waals surface area contributed by atoms with Gasteiger partial charge in [-0.15, -0.1) is 0 Å². The summed E-state index contributed by atoms with van der Waals surface area (Å²) in [7, 11) is 0. The van der Waals surface area contributed by atoms with Crippen LogP contribution in [0.5, 0.6) is 0 Å². The number of carboxylic acids is 1. The molecular weight excluding hydrogens is 242 g/mol. The van der Waals surface area contributed by atoms with E-state index in [9.17, 15) is 4.79 Å². The molecule has 5 nitrogen and oxygen atoms in total. The van der Waals surface area contributed by atoms with Gasteiger partial charge in [-0.05, 0) is 38.1 Å². The van der Waals surface area contributed by atoms with Gasteiger partial charge in [0.25, 0.3) is 0 Å². The molecule has 0 saturated heterocycles. The van der Waals surface area contributed by atoms with Gasteiger partial charge in [0.15, 0.2) is 0 Å². The minimum atomic E-state index is -1.01. The molecule has 0 spiro atoms. The Bertz CT molecular complexity index is 705. The molecule has 0 radical (unpaired) electrons. The van der Waals surface area contributed by atoms with Crippen molar-refractivity contribution in [1.82, 2.24) is 9.55 Å². The van der Waals surface area contributed by atoms with Crippen LogP contribution in [0.1, 0.15) is 31.3 Å². The highest BCUT2D eigenvalue weighted by Crippen LogP contribution is 2.22. The van der Waals surface area contributed by atoms with E-state index in [2.05, 4.69) is 11.1 Å². The lowest BCUT2D eigenvalue weighted by molar-refractivity contribution is -0.131. The number of carbonyl (C=O) groups is 1. The first kappa shape index (κ1) is 12.8. The summed E-state index contributed by atoms with van der Waals surface area (Å²) in [6, 6.07) is 7.47. The van der Waals surface area contributed by atoms with Gasteiger partial charge in [0.1, 0.15) is 5.82 Å². The SMILES string of the molecule is CC(C)n1c(/C=C/C(=O)O)nc2cc(C#N)ccc21. The molecule has 0 atom stereocenters. The molecule has 1 aromatic carbocycles. The molecule has 0 fully saturated rings. The van der Waals surface area contributed by atoms with Crippen molar-refractivity contribution in [3.05, 3.63) is 35.7 Å². The first-order valence-corrected chi connectivity index (χ1v) is 5.86. The zero-order chi connectivity index (χ0) is 14.0. The molecule has 96 valence electrons. The topological polar surface area (TPSA) is 78.9 Å². The van der Waals surface area contributed by atoms with Crippen molar-refractivity contribution < 1.29 is 9.90 Å². The highest BCUT2D eigenvalue weighted by Gasteiger charge is 2.12. The average molecular weight is 255 g/mol. The van der Waals surface area contributed by atoms with Gasteiger partial charge in [-0.1, -0.05) is 0 Å². The fourth-order valence-corrected chi connectivity index (χ4v) is 1.99. The van der Waals surface area contributed by atoms with Crippen LogP contribution in [-0.2, 0) is 4.79 Å². The lowest BCUT2D eigenvalue weighted by atomic mass is 10.2. The van der Waals surface area contributed by atoms with Crippen LogP contribution in [0.15, 0.2) is 24.3 Å². The van der Waals surface area contributed by atoms with E-state index in [1.165, 1.54) is 6.08 Å². The van der Waals surface area contributed by atoms with E-state index in [0.29, 0.717) is 16.9 Å². The van der Waals surface area contributed by atoms with Gasteiger partial charge < -0.3 is 9.67 Å². The van der Waals surface area contributed by atoms with E-state index in [4.69, 9.17) is 10.4 Å². The first-order valence-electron chi connectivity index (χ1n) is 5.86. The molecule has 2 rings (SSSR count). The maximum Gasteiger partial charge on any atom is 0.328 e. The number of rotatable bonds is 3. The lowest BCUT2D eigenvalue weighted by Crippen LogP contribution is -2.03. The third-order valence-corrected chi connectivity index (χ3v) is 2.74. The molecule has 0 unspecified atom stereocenters. The number of imidazole rings is 1. The second-order valence-corrected chi connectivity index (χ2v) is 4.42. The number of aromatic nitrogens is 2. The zero-order valence-corrected chi connectivity index (χ0v) is 10.7. The van der Waals surface area contributed by atoms with Crippen LogP contribution < -0.4 is 0 Å². The molecule has 1 aromatic heterocycles. The monoisotopic (exact) mass is 255 g/mol. The number of hydrogen-bond donors (Lipinski definition) is 1. The lowest BCUT2D eigenvalue weighted by Gasteiger charge is -2.10. The molecule has 0 aliphatic rings. The molecule has 0 aliphatic carbocycles. The molecule has 1 N–H and O–H groups in total. The first-order chi connectivity index (χ1) is 9.02. The van der Waals surface area contributed by atoms with E-state index in [0.717, 1.165) is 11.6 Å². The largest absolute Gasteiger partial charge is 0.478 e. The summed E-state index contributed by atoms with van der Waals surface area (Å²) in [5, 5.41) is 17.6. The smallest absolute Gasteiger partial charge is 0.328 e. The maximum absolute atomic E-state index is 10.6. The Labute approximate surface area is 110 Å². The van der Waals surface area contributed by atoms with Crippen molar-refractivity contribution >= 4 is 23.1 Å². The molecule has 19 heavy (non-hydrogen) atoms. The maximum atomic E-state index is 10.6. The van der Waals surface area contributed by atoms with Crippen LogP contribution in [0.3, 0.4) is 0 Å². The summed E-state index contributed by atoms with van der Waals surface area (Å²) in [5.74, 6) is -0.442. The number of nitrogens with zero attached hydrogens (tertiary/aromatic N) is 3. The highest BCUT2D eigenvalue weighted by atomic mass is 16.4. The van der Waals surface area contributed by atoms with Gasteiger partial charge in [-0.2, -0.15) is 5.26 Å². The van der Waals surface area contributed by atoms with Crippen LogP contribution in [0, 0.1) is 11.3 Å². The standard InChI is InChI=1S/C14H13N3O2/c1-9(2)17-12-4-3-10(8-15)7-11(12)16-13(17)5-6-14(18)19/h3-7,9H,1-2H3,(H,18,19)/b6-5+. The van der Waals surface area contributed by atoms with Gasteiger partial charge in [0.05, 0.1) is 22.7 Å². The summed E-state index contributed by atoms with van der Waals surface area (Å²) in [6.07, 6.45) is 2.53. The number of benzene rings is 1. The number of carboxylic acid groups (broad SMARTS) is 1. The minimum absolute atomic E-state index is 0.145. The van der Waals surface area contributed by atoms with Crippen molar-refractivity contribution in [2.45, 2.75) is 19.9 Å². The molecule has 5 heteroatoms. The molecular formula is C14H13N3O2. The Morgan fingerprint density at radius 3 is 2.84 bits per heavy atom. The molecule has 0 aliphatic heterocycles. The highest BCUT2D eigenvalue weighted by molar-refractivity contribution is 5.86. The summed E-state index contributed by atoms with van der Waals surface area (Å²) in [5.41, 5.74) is 2.12. The minimum Gasteiger partial charge on any atom is -0.478 e. The fraction of sp³-hybridized carbons (Fsp3) is 0.214. The van der Waals surface area contributed by atoms with Crippen LogP contribution in [-0.4, -0.2) is 20.6 Å². The summed E-state index contributed by atoms with van der Waals surface area (Å²) in [4.78, 5) is 15.0. The normalized spacial score (nSPS) is 11.3. The molecule has 0 saturated carbocycles. The number of aliphatic carboxylic acids is 1. The Balaban J connectivity index is 2.66. The number of nitriles is 1. The van der Waals surface area contributed by atoms with Crippen molar-refractivity contribution in [3.63, 3.8) is 0 Å². The third-order valence-electron chi connectivity index (χ3n) is 2.74. The predicted octanol–water partition coefficient (Wildman–Crippen LogP) is 2.59. The van der Waals surface area contributed by atoms with Crippen LogP contribution in [0.25, 0.3) is 17.1 Å². The number of fused-ring (bicyclic) bond motifs is 1. The zero-order valence-electron chi connectivity index (χ0n) is 10.7. The van der Waals surface area contributed by atoms with Gasteiger partial charge >= 0.3 is 5.97 Å². The quantitative estimate of drug-likeness (QED) is 0.855. The molecule has 1 heterocycles. The van der Waals surface area contributed by atoms with Gasteiger partial charge in [0, 0.05) is 12.1 Å². The third kappa shape index (κ3) is 2.47. The Hall–Kier alpha value is -2.61. The Kier molecular flexibility index (Phi) is 3.34. The summed E-state index contributed by atoms with van der Waals surface area (Å²) < 4.78 is 1.94. The summed E-state index contributed by atoms with van der Waals surface area (Å²) in [6.45, 7) is 3.99. The van der Waals surface area contributed by atoms with Crippen molar-refractivity contribution in [2.24, 2.45) is 0 Å². The van der Waals surface area contributed by atoms with Gasteiger partial charge in [-0.3, -0.25) is 0 Å². The second-order valence-electron chi connectivity index (χ2n) is 4.42. The molecule has 0 amide bonds. The molecule has 2 aromatic rings. The van der Waals surface area contributed by atoms with E-state index >= 15 is 0 Å². The van der Waals surface area contributed by atoms with Gasteiger partial charge in [0.2, 0.25) is 0 Å². The van der Waals surface area contributed by atoms with E-state index in [-0.39, 0.29) is 6.04 Å². The average Bonchev–Trinajstić information content (AvgIpc) is 2.73. The summed E-state index contributed by atoms with van der Waals surface area (Å²) >= 11 is 0. The second kappa shape index (κ2) is 4.94. The van der Waals surface area contributed by atoms with Gasteiger partial charge in [-0.25, -0.2) is 9.78 Å². The van der Waals surface area contributed by atoms with Crippen LogP contribution >= 0.6 is 0 Å². The Morgan fingerprint density at radius 1 is 1.53 bits per heavy atom. The Morgan fingerprint density at radius 2 is 2.26 bits per heavy atom.